The van der Waals surface area contributed by atoms with Gasteiger partial charge in [-0.1, -0.05) is 59.4 Å². The van der Waals surface area contributed by atoms with Gasteiger partial charge in [0.25, 0.3) is 11.8 Å². The Bertz CT molecular complexity index is 1030. The summed E-state index contributed by atoms with van der Waals surface area (Å²) in [7, 11) is 0. The highest BCUT2D eigenvalue weighted by atomic mass is 32.2. The molecular formula is C21H18N2O3S2. The van der Waals surface area contributed by atoms with E-state index in [4.69, 9.17) is 17.0 Å². The van der Waals surface area contributed by atoms with E-state index in [0.29, 0.717) is 27.2 Å². The zero-order valence-corrected chi connectivity index (χ0v) is 17.1. The molecule has 2 aromatic rings. The van der Waals surface area contributed by atoms with Crippen molar-refractivity contribution in [2.75, 3.05) is 11.5 Å². The van der Waals surface area contributed by atoms with E-state index >= 15 is 0 Å². The topological polar surface area (TPSA) is 58.6 Å². The van der Waals surface area contributed by atoms with Crippen LogP contribution in [0.3, 0.4) is 0 Å². The van der Waals surface area contributed by atoms with Gasteiger partial charge in [0.2, 0.25) is 0 Å². The molecule has 2 aromatic carbocycles. The number of carbonyl (C=O) groups excluding carboxylic acids is 2. The minimum absolute atomic E-state index is 0.0186. The molecule has 1 fully saturated rings. The molecular weight excluding hydrogens is 392 g/mol. The van der Waals surface area contributed by atoms with Crippen LogP contribution >= 0.6 is 24.0 Å². The molecule has 0 spiro atoms. The fourth-order valence-corrected chi connectivity index (χ4v) is 4.44. The van der Waals surface area contributed by atoms with Gasteiger partial charge in [0, 0.05) is 0 Å². The number of anilines is 1. The Morgan fingerprint density at radius 3 is 2.61 bits per heavy atom. The predicted molar refractivity (Wildman–Crippen MR) is 115 cm³/mol. The Balaban J connectivity index is 1.69. The Labute approximate surface area is 172 Å². The van der Waals surface area contributed by atoms with Crippen molar-refractivity contribution in [1.82, 2.24) is 5.32 Å². The molecule has 1 saturated heterocycles. The average molecular weight is 411 g/mol. The van der Waals surface area contributed by atoms with Crippen LogP contribution in [0, 0.1) is 13.8 Å². The summed E-state index contributed by atoms with van der Waals surface area (Å²) in [6.45, 7) is 4.58. The Hall–Kier alpha value is -2.64. The second kappa shape index (κ2) is 7.41. The van der Waals surface area contributed by atoms with Gasteiger partial charge in [-0.25, -0.2) is 0 Å². The molecule has 2 aliphatic heterocycles. The molecule has 0 aromatic heterocycles. The lowest BCUT2D eigenvalue weighted by atomic mass is 10.1. The number of hydrogen-bond donors (Lipinski definition) is 1. The SMILES string of the molecule is Cc1cc(C)cc(CN2C(=O)COc3ccc(/C=C4/SC(=S)NC4=O)cc32)c1. The smallest absolute Gasteiger partial charge is 0.265 e. The number of benzene rings is 2. The van der Waals surface area contributed by atoms with Gasteiger partial charge in [-0.2, -0.15) is 0 Å². The van der Waals surface area contributed by atoms with Crippen LogP contribution in [0.5, 0.6) is 5.75 Å². The molecule has 2 amide bonds. The highest BCUT2D eigenvalue weighted by Crippen LogP contribution is 2.35. The second-order valence-corrected chi connectivity index (χ2v) is 8.56. The van der Waals surface area contributed by atoms with Gasteiger partial charge in [0.05, 0.1) is 17.1 Å². The average Bonchev–Trinajstić information content (AvgIpc) is 2.94. The molecule has 5 nitrogen and oxygen atoms in total. The van der Waals surface area contributed by atoms with E-state index in [1.165, 1.54) is 11.8 Å². The van der Waals surface area contributed by atoms with E-state index in [9.17, 15) is 9.59 Å². The summed E-state index contributed by atoms with van der Waals surface area (Å²) in [6.07, 6.45) is 1.77. The van der Waals surface area contributed by atoms with Crippen molar-refractivity contribution in [3.8, 4) is 5.75 Å². The maximum atomic E-state index is 12.6. The van der Waals surface area contributed by atoms with Gasteiger partial charge in [0.1, 0.15) is 10.1 Å². The standard InChI is InChI=1S/C21H18N2O3S2/c1-12-5-13(2)7-15(6-12)10-23-16-8-14(3-4-17(16)26-11-19(23)24)9-18-20(25)22-21(27)28-18/h3-9H,10-11H2,1-2H3,(H,22,25,27)/b18-9+. The molecule has 0 radical (unpaired) electrons. The first kappa shape index (κ1) is 18.7. The molecule has 0 atom stereocenters. The second-order valence-electron chi connectivity index (χ2n) is 6.84. The number of carbonyl (C=O) groups is 2. The molecule has 0 unspecified atom stereocenters. The number of thioether (sulfide) groups is 1. The van der Waals surface area contributed by atoms with E-state index in [2.05, 4.69) is 23.5 Å². The van der Waals surface area contributed by atoms with Crippen LogP contribution in [-0.4, -0.2) is 22.7 Å². The summed E-state index contributed by atoms with van der Waals surface area (Å²) in [5.74, 6) is 0.364. The third-order valence-electron chi connectivity index (χ3n) is 4.49. The summed E-state index contributed by atoms with van der Waals surface area (Å²) in [4.78, 5) is 26.8. The zero-order valence-electron chi connectivity index (χ0n) is 15.4. The van der Waals surface area contributed by atoms with Crippen LogP contribution < -0.4 is 15.0 Å². The summed E-state index contributed by atoms with van der Waals surface area (Å²) >= 11 is 6.27. The summed E-state index contributed by atoms with van der Waals surface area (Å²) in [5.41, 5.74) is 4.91. The maximum absolute atomic E-state index is 12.6. The van der Waals surface area contributed by atoms with Crippen molar-refractivity contribution >= 4 is 51.9 Å². The molecule has 0 bridgehead atoms. The first-order valence-corrected chi connectivity index (χ1v) is 10.0. The zero-order chi connectivity index (χ0) is 19.8. The van der Waals surface area contributed by atoms with Crippen LogP contribution in [0.15, 0.2) is 41.3 Å². The van der Waals surface area contributed by atoms with Crippen LogP contribution in [0.4, 0.5) is 5.69 Å². The highest BCUT2D eigenvalue weighted by molar-refractivity contribution is 8.26. The van der Waals surface area contributed by atoms with Crippen LogP contribution in [0.1, 0.15) is 22.3 Å². The number of amides is 2. The lowest BCUT2D eigenvalue weighted by molar-refractivity contribution is -0.121. The third-order valence-corrected chi connectivity index (χ3v) is 5.65. The molecule has 0 saturated carbocycles. The fourth-order valence-electron chi connectivity index (χ4n) is 3.40. The van der Waals surface area contributed by atoms with Crippen molar-refractivity contribution in [2.24, 2.45) is 0 Å². The summed E-state index contributed by atoms with van der Waals surface area (Å²) in [6, 6.07) is 11.8. The molecule has 0 aliphatic carbocycles. The van der Waals surface area contributed by atoms with E-state index in [-0.39, 0.29) is 18.4 Å². The molecule has 1 N–H and O–H groups in total. The molecule has 2 heterocycles. The van der Waals surface area contributed by atoms with Crippen molar-refractivity contribution < 1.29 is 14.3 Å². The number of fused-ring (bicyclic) bond motifs is 1. The maximum Gasteiger partial charge on any atom is 0.265 e. The molecule has 4 rings (SSSR count). The number of nitrogens with zero attached hydrogens (tertiary/aromatic N) is 1. The summed E-state index contributed by atoms with van der Waals surface area (Å²) in [5, 5.41) is 2.61. The van der Waals surface area contributed by atoms with Crippen molar-refractivity contribution in [1.29, 1.82) is 0 Å². The molecule has 7 heteroatoms. The predicted octanol–water partition coefficient (Wildman–Crippen LogP) is 3.72. The van der Waals surface area contributed by atoms with Crippen molar-refractivity contribution in [3.05, 3.63) is 63.6 Å². The van der Waals surface area contributed by atoms with Gasteiger partial charge in [-0.05, 0) is 43.2 Å². The molecule has 142 valence electrons. The van der Waals surface area contributed by atoms with E-state index < -0.39 is 0 Å². The fraction of sp³-hybridized carbons (Fsp3) is 0.190. The van der Waals surface area contributed by atoms with Gasteiger partial charge < -0.3 is 15.0 Å². The molecule has 28 heavy (non-hydrogen) atoms. The normalized spacial score (nSPS) is 17.6. The lowest BCUT2D eigenvalue weighted by Gasteiger charge is -2.30. The third kappa shape index (κ3) is 3.81. The monoisotopic (exact) mass is 410 g/mol. The number of aryl methyl sites for hydroxylation is 2. The lowest BCUT2D eigenvalue weighted by Crippen LogP contribution is -2.38. The van der Waals surface area contributed by atoms with Gasteiger partial charge in [-0.15, -0.1) is 0 Å². The van der Waals surface area contributed by atoms with Gasteiger partial charge in [0.15, 0.2) is 6.61 Å². The first-order chi connectivity index (χ1) is 13.4. The first-order valence-electron chi connectivity index (χ1n) is 8.78. The largest absolute Gasteiger partial charge is 0.482 e. The Morgan fingerprint density at radius 1 is 1.18 bits per heavy atom. The van der Waals surface area contributed by atoms with E-state index in [1.807, 2.05) is 32.0 Å². The molecule has 2 aliphatic rings. The van der Waals surface area contributed by atoms with E-state index in [1.54, 1.807) is 11.0 Å². The van der Waals surface area contributed by atoms with Gasteiger partial charge in [-0.3, -0.25) is 9.59 Å². The van der Waals surface area contributed by atoms with Crippen LogP contribution in [0.25, 0.3) is 6.08 Å². The van der Waals surface area contributed by atoms with Gasteiger partial charge >= 0.3 is 0 Å². The number of hydrogen-bond acceptors (Lipinski definition) is 5. The number of thiocarbonyl (C=S) groups is 1. The quantitative estimate of drug-likeness (QED) is 0.617. The Kier molecular flexibility index (Phi) is 4.95. The number of ether oxygens (including phenoxy) is 1. The summed E-state index contributed by atoms with van der Waals surface area (Å²) < 4.78 is 6.05. The van der Waals surface area contributed by atoms with Crippen molar-refractivity contribution in [3.63, 3.8) is 0 Å². The van der Waals surface area contributed by atoms with E-state index in [0.717, 1.165) is 22.3 Å². The van der Waals surface area contributed by atoms with Crippen molar-refractivity contribution in [2.45, 2.75) is 20.4 Å². The van der Waals surface area contributed by atoms with Crippen LogP contribution in [-0.2, 0) is 16.1 Å². The van der Waals surface area contributed by atoms with Crippen LogP contribution in [0.2, 0.25) is 0 Å². The minimum Gasteiger partial charge on any atom is -0.482 e. The number of nitrogens with one attached hydrogen (secondary N) is 1. The Morgan fingerprint density at radius 2 is 1.93 bits per heavy atom. The minimum atomic E-state index is -0.202. The number of rotatable bonds is 3. The highest BCUT2D eigenvalue weighted by Gasteiger charge is 2.27.